The fraction of sp³-hybridized carbons (Fsp3) is 0.410. The first-order valence-corrected chi connectivity index (χ1v) is 43.3. The first kappa shape index (κ1) is 99.2. The molecule has 0 heterocycles. The Bertz CT molecular complexity index is 5000. The van der Waals surface area contributed by atoms with E-state index < -0.39 is 17.4 Å². The van der Waals surface area contributed by atoms with Crippen LogP contribution in [0.4, 0.5) is 0 Å². The second kappa shape index (κ2) is 52.6. The van der Waals surface area contributed by atoms with E-state index in [0.717, 1.165) is 89.0 Å². The highest BCUT2D eigenvalue weighted by molar-refractivity contribution is 9.08. The lowest BCUT2D eigenvalue weighted by molar-refractivity contribution is -0.146. The maximum absolute atomic E-state index is 13.7. The number of rotatable bonds is 54. The summed E-state index contributed by atoms with van der Waals surface area (Å²) in [7, 11) is 12.4. The maximum Gasteiger partial charge on any atom is 0.330 e. The Morgan fingerprint density at radius 3 is 0.849 bits per heavy atom. The van der Waals surface area contributed by atoms with Crippen LogP contribution in [0.1, 0.15) is 199 Å². The Morgan fingerprint density at radius 2 is 0.571 bits per heavy atom. The van der Waals surface area contributed by atoms with Crippen molar-refractivity contribution in [2.24, 2.45) is 5.41 Å². The van der Waals surface area contributed by atoms with Crippen molar-refractivity contribution in [1.29, 1.82) is 0 Å². The molecule has 126 heavy (non-hydrogen) atoms. The third kappa shape index (κ3) is 32.7. The molecule has 0 unspecified atom stereocenters. The molecule has 0 fully saturated rings. The summed E-state index contributed by atoms with van der Waals surface area (Å²) in [6, 6.07) is 47.5. The van der Waals surface area contributed by atoms with Crippen LogP contribution in [0.15, 0.2) is 152 Å². The van der Waals surface area contributed by atoms with Crippen LogP contribution in [0.2, 0.25) is 0 Å². The predicted molar refractivity (Wildman–Crippen MR) is 477 cm³/mol. The van der Waals surface area contributed by atoms with Crippen molar-refractivity contribution in [3.63, 3.8) is 0 Å². The van der Waals surface area contributed by atoms with Gasteiger partial charge in [0.05, 0.1) is 109 Å². The van der Waals surface area contributed by atoms with Crippen molar-refractivity contribution in [2.75, 3.05) is 104 Å². The molecule has 0 aromatic heterocycles. The average Bonchev–Trinajstić information content (AvgIpc) is 0.824. The van der Waals surface area contributed by atoms with E-state index in [9.17, 15) is 43.2 Å². The van der Waals surface area contributed by atoms with Crippen molar-refractivity contribution in [2.45, 2.75) is 160 Å². The van der Waals surface area contributed by atoms with E-state index in [2.05, 4.69) is 15.9 Å². The average molecular weight is 1800 g/mol. The number of carbonyl (C=O) groups is 9. The summed E-state index contributed by atoms with van der Waals surface area (Å²) in [6.07, 6.45) is 10.2. The summed E-state index contributed by atoms with van der Waals surface area (Å²) >= 11 is 3.58. The summed E-state index contributed by atoms with van der Waals surface area (Å²) in [5.74, 6) is 1.20. The summed E-state index contributed by atoms with van der Waals surface area (Å²) in [4.78, 5) is 112. The molecule has 0 N–H and O–H groups in total. The van der Waals surface area contributed by atoms with E-state index in [-0.39, 0.29) is 126 Å². The number of para-hydroxylation sites is 1. The molecule has 26 heteroatoms. The highest BCUT2D eigenvalue weighted by Gasteiger charge is 2.31. The van der Waals surface area contributed by atoms with E-state index in [4.69, 9.17) is 75.8 Å². The number of hydrogen-bond acceptors (Lipinski definition) is 25. The lowest BCUT2D eigenvalue weighted by atomic mass is 9.87. The quantitative estimate of drug-likeness (QED) is 0.00854. The normalized spacial score (nSPS) is 11.1. The number of alkyl halides is 1. The highest BCUT2D eigenvalue weighted by atomic mass is 79.9. The number of benzene rings is 8. The minimum absolute atomic E-state index is 0.140. The van der Waals surface area contributed by atoms with E-state index in [1.165, 1.54) is 63.0 Å². The van der Waals surface area contributed by atoms with Gasteiger partial charge in [-0.15, -0.1) is 0 Å². The molecule has 0 aliphatic rings. The maximum atomic E-state index is 13.7. The minimum Gasteiger partial charge on any atom is -0.496 e. The second-order valence-electron chi connectivity index (χ2n) is 30.7. The molecular formula is C100H117BrO25. The summed E-state index contributed by atoms with van der Waals surface area (Å²) < 4.78 is 90.8. The lowest BCUT2D eigenvalue weighted by Crippen LogP contribution is -2.29. The largest absolute Gasteiger partial charge is 0.496 e. The van der Waals surface area contributed by atoms with E-state index in [1.54, 1.807) is 33.1 Å². The molecule has 8 rings (SSSR count). The van der Waals surface area contributed by atoms with Crippen molar-refractivity contribution < 1.29 is 119 Å². The van der Waals surface area contributed by atoms with Crippen molar-refractivity contribution in [3.8, 4) is 46.0 Å². The zero-order valence-electron chi connectivity index (χ0n) is 74.1. The van der Waals surface area contributed by atoms with Crippen LogP contribution in [-0.4, -0.2) is 157 Å². The molecule has 0 amide bonds. The van der Waals surface area contributed by atoms with Crippen LogP contribution < -0.4 is 37.9 Å². The van der Waals surface area contributed by atoms with Gasteiger partial charge in [-0.1, -0.05) is 107 Å². The molecule has 0 aliphatic heterocycles. The Morgan fingerprint density at radius 1 is 0.294 bits per heavy atom. The number of esters is 9. The molecule has 0 radical (unpaired) electrons. The molecule has 0 bridgehead atoms. The third-order valence-electron chi connectivity index (χ3n) is 21.0. The van der Waals surface area contributed by atoms with Crippen LogP contribution >= 0.6 is 15.9 Å². The molecule has 674 valence electrons. The predicted octanol–water partition coefficient (Wildman–Crippen LogP) is 17.2. The van der Waals surface area contributed by atoms with Crippen LogP contribution in [0.5, 0.6) is 46.0 Å². The molecular weight excluding hydrogens is 1680 g/mol. The van der Waals surface area contributed by atoms with Gasteiger partial charge in [-0.05, 0) is 215 Å². The number of halogens is 1. The van der Waals surface area contributed by atoms with E-state index >= 15 is 0 Å². The fourth-order valence-electron chi connectivity index (χ4n) is 13.8. The van der Waals surface area contributed by atoms with Crippen LogP contribution in [0, 0.1) is 5.41 Å². The van der Waals surface area contributed by atoms with E-state index in [1.807, 2.05) is 140 Å². The number of ether oxygens (including phenoxy) is 16. The molecule has 0 aliphatic carbocycles. The smallest absolute Gasteiger partial charge is 0.330 e. The Kier molecular flexibility index (Phi) is 41.4. The first-order chi connectivity index (χ1) is 60.9. The zero-order chi connectivity index (χ0) is 90.8. The first-order valence-electron chi connectivity index (χ1n) is 42.2. The van der Waals surface area contributed by atoms with Gasteiger partial charge in [0.2, 0.25) is 0 Å². The van der Waals surface area contributed by atoms with Gasteiger partial charge in [-0.25, -0.2) is 4.79 Å². The zero-order valence-corrected chi connectivity index (χ0v) is 75.7. The monoisotopic (exact) mass is 1800 g/mol. The standard InChI is InChI=1S/C100H117BrO25/c1-100(2,44-14-23-91(102)112-4)99(110)126-83-22-13-12-21-74(83)51-67-30-36-75(85(57-67)120-45-15-24-92(103)113-5)52-68-31-37-76(86(58-68)121-46-16-25-93(104)114-6)53-69-32-38-77(87(59-69)122-47-17-26-94(105)115-7)54-70-33-39-78(88(60-70)123-48-18-27-95(106)116-8)55-71-34-40-79(89(61-71)124-49-19-28-96(107)117-9)56-72-35-41-80(90(62-72)125-50-20-29-97(108)118-10)64-81-63-73(42-43-98(109)119-11)82(66-101)65-84(81)111-3/h12-13,21-22,30-43,57-63,65H,14-20,23-29,44-56,64,66H2,1-11H3/b43-42+. The van der Waals surface area contributed by atoms with Crippen molar-refractivity contribution in [3.05, 3.63) is 241 Å². The van der Waals surface area contributed by atoms with Crippen LogP contribution in [0.3, 0.4) is 0 Å². The van der Waals surface area contributed by atoms with Crippen molar-refractivity contribution >= 4 is 75.7 Å². The SMILES string of the molecule is COC(=O)/C=C/c1cc(Cc2ccc(Cc3ccc(Cc4ccc(Cc5ccc(Cc6ccc(Cc7ccc(Cc8ccccc8OC(=O)C(C)(C)CCCC(=O)OC)cc7OCCCC(=O)OC)cc6OCCCC(=O)OC)cc5OCCCC(=O)OC)cc4OCCCC(=O)OC)cc3OCCCC(=O)OC)cc2OCCCC(=O)OC)c(OC)cc1CBr. The van der Waals surface area contributed by atoms with Gasteiger partial charge in [0, 0.05) is 101 Å². The molecule has 0 saturated carbocycles. The van der Waals surface area contributed by atoms with Gasteiger partial charge < -0.3 is 75.8 Å². The lowest BCUT2D eigenvalue weighted by Gasteiger charge is -2.23. The second-order valence-corrected chi connectivity index (χ2v) is 31.3. The molecule has 25 nitrogen and oxygen atoms in total. The van der Waals surface area contributed by atoms with Crippen LogP contribution in [0.25, 0.3) is 6.08 Å². The van der Waals surface area contributed by atoms with Gasteiger partial charge >= 0.3 is 53.7 Å². The number of methoxy groups -OCH3 is 9. The van der Waals surface area contributed by atoms with Gasteiger partial charge in [-0.3, -0.25) is 38.4 Å². The molecule has 0 spiro atoms. The van der Waals surface area contributed by atoms with Gasteiger partial charge in [-0.2, -0.15) is 0 Å². The fourth-order valence-corrected chi connectivity index (χ4v) is 14.3. The summed E-state index contributed by atoms with van der Waals surface area (Å²) in [5, 5.41) is 0.502. The van der Waals surface area contributed by atoms with Gasteiger partial charge in [0.15, 0.2) is 0 Å². The summed E-state index contributed by atoms with van der Waals surface area (Å²) in [6.45, 7) is 4.85. The van der Waals surface area contributed by atoms with Crippen LogP contribution in [-0.2, 0) is 131 Å². The Hall–Kier alpha value is -12.2. The third-order valence-corrected chi connectivity index (χ3v) is 21.6. The molecule has 8 aromatic rings. The Balaban J connectivity index is 1.10. The molecule has 8 aromatic carbocycles. The summed E-state index contributed by atoms with van der Waals surface area (Å²) in [5.41, 5.74) is 12.8. The molecule has 0 saturated heterocycles. The Labute approximate surface area is 746 Å². The van der Waals surface area contributed by atoms with E-state index in [0.29, 0.717) is 148 Å². The number of hydrogen-bond donors (Lipinski definition) is 0. The molecule has 0 atom stereocenters. The van der Waals surface area contributed by atoms with Gasteiger partial charge in [0.1, 0.15) is 46.0 Å². The highest BCUT2D eigenvalue weighted by Crippen LogP contribution is 2.38. The van der Waals surface area contributed by atoms with Gasteiger partial charge in [0.25, 0.3) is 0 Å². The topological polar surface area (TPSA) is 301 Å². The number of carbonyl (C=O) groups excluding carboxylic acids is 9. The van der Waals surface area contributed by atoms with Crippen molar-refractivity contribution in [1.82, 2.24) is 0 Å². The minimum atomic E-state index is -0.884.